The molecule has 188 valence electrons. The molecule has 0 radical (unpaired) electrons. The zero-order valence-corrected chi connectivity index (χ0v) is 22.9. The van der Waals surface area contributed by atoms with Crippen LogP contribution < -0.4 is 16.0 Å². The first-order valence-electron chi connectivity index (χ1n) is 12.3. The van der Waals surface area contributed by atoms with Crippen LogP contribution in [-0.4, -0.2) is 21.0 Å². The Balaban J connectivity index is 2.14. The first-order chi connectivity index (χ1) is 15.8. The highest BCUT2D eigenvalue weighted by Gasteiger charge is 2.34. The van der Waals surface area contributed by atoms with Crippen molar-refractivity contribution in [1.82, 2.24) is 10.6 Å². The van der Waals surface area contributed by atoms with Gasteiger partial charge in [-0.1, -0.05) is 137 Å². The number of halogens is 3. The van der Waals surface area contributed by atoms with Crippen LogP contribution in [0.1, 0.15) is 96.8 Å². The number of unbranched alkanes of at least 4 members (excludes halogenated alkanes) is 12. The lowest BCUT2D eigenvalue weighted by Gasteiger charge is -2.27. The molecule has 0 bridgehead atoms. The lowest BCUT2D eigenvalue weighted by Crippen LogP contribution is -2.56. The van der Waals surface area contributed by atoms with Gasteiger partial charge in [-0.15, -0.1) is 0 Å². The second-order valence-corrected chi connectivity index (χ2v) is 11.3. The molecule has 0 fully saturated rings. The quantitative estimate of drug-likeness (QED) is 0.0811. The van der Waals surface area contributed by atoms with Gasteiger partial charge in [0.2, 0.25) is 9.70 Å². The molecule has 0 saturated carbocycles. The summed E-state index contributed by atoms with van der Waals surface area (Å²) in [6.45, 7) is 2.26. The predicted molar refractivity (Wildman–Crippen MR) is 148 cm³/mol. The van der Waals surface area contributed by atoms with Gasteiger partial charge in [-0.05, 0) is 30.8 Å². The van der Waals surface area contributed by atoms with E-state index in [2.05, 4.69) is 22.9 Å². The first kappa shape index (κ1) is 30.3. The van der Waals surface area contributed by atoms with Gasteiger partial charge in [-0.3, -0.25) is 4.79 Å². The van der Waals surface area contributed by atoms with Crippen LogP contribution in [0.5, 0.6) is 0 Å². The summed E-state index contributed by atoms with van der Waals surface area (Å²) in [5.41, 5.74) is 0.802. The van der Waals surface area contributed by atoms with Crippen molar-refractivity contribution in [1.29, 1.82) is 0 Å². The number of thiocarbonyl (C=S) groups is 1. The molecule has 0 aliphatic heterocycles. The summed E-state index contributed by atoms with van der Waals surface area (Å²) in [5.74, 6) is -0.163. The van der Waals surface area contributed by atoms with Gasteiger partial charge in [0.25, 0.3) is 0 Å². The summed E-state index contributed by atoms with van der Waals surface area (Å²) < 4.78 is -1.74. The molecule has 1 amide bonds. The van der Waals surface area contributed by atoms with E-state index in [0.717, 1.165) is 24.9 Å². The number of hydrogen-bond acceptors (Lipinski definition) is 2. The molecule has 0 aliphatic rings. The third-order valence-corrected chi connectivity index (χ3v) is 6.32. The van der Waals surface area contributed by atoms with Gasteiger partial charge in [0, 0.05) is 12.1 Å². The Morgan fingerprint density at radius 3 is 1.79 bits per heavy atom. The molecule has 1 rings (SSSR count). The Kier molecular flexibility index (Phi) is 17.0. The zero-order chi connectivity index (χ0) is 24.4. The van der Waals surface area contributed by atoms with Crippen molar-refractivity contribution < 1.29 is 4.79 Å². The molecule has 0 heterocycles. The van der Waals surface area contributed by atoms with E-state index in [1.165, 1.54) is 64.2 Å². The van der Waals surface area contributed by atoms with E-state index in [4.69, 9.17) is 47.0 Å². The molecule has 1 unspecified atom stereocenters. The van der Waals surface area contributed by atoms with Crippen molar-refractivity contribution in [3.05, 3.63) is 30.3 Å². The average molecular weight is 537 g/mol. The zero-order valence-electron chi connectivity index (χ0n) is 19.8. The maximum Gasteiger partial charge on any atom is 0.228 e. The SMILES string of the molecule is CCCCCCCCCCCCCCCC(=O)NC(NC(=S)Nc1ccccc1)C(Cl)(Cl)Cl. The number of para-hydroxylation sites is 1. The second kappa shape index (κ2) is 18.6. The smallest absolute Gasteiger partial charge is 0.228 e. The Morgan fingerprint density at radius 2 is 1.30 bits per heavy atom. The maximum absolute atomic E-state index is 12.4. The van der Waals surface area contributed by atoms with E-state index in [9.17, 15) is 4.79 Å². The Hall–Kier alpha value is -0.750. The third-order valence-electron chi connectivity index (χ3n) is 5.45. The van der Waals surface area contributed by atoms with Gasteiger partial charge >= 0.3 is 0 Å². The molecular formula is C25H40Cl3N3OS. The summed E-state index contributed by atoms with van der Waals surface area (Å²) in [7, 11) is 0. The average Bonchev–Trinajstić information content (AvgIpc) is 2.76. The van der Waals surface area contributed by atoms with Gasteiger partial charge < -0.3 is 16.0 Å². The topological polar surface area (TPSA) is 53.2 Å². The highest BCUT2D eigenvalue weighted by molar-refractivity contribution is 7.80. The van der Waals surface area contributed by atoms with Gasteiger partial charge in [-0.25, -0.2) is 0 Å². The molecule has 33 heavy (non-hydrogen) atoms. The lowest BCUT2D eigenvalue weighted by molar-refractivity contribution is -0.122. The fraction of sp³-hybridized carbons (Fsp3) is 0.680. The van der Waals surface area contributed by atoms with Crippen LogP contribution in [0.2, 0.25) is 0 Å². The number of carbonyl (C=O) groups excluding carboxylic acids is 1. The monoisotopic (exact) mass is 535 g/mol. The van der Waals surface area contributed by atoms with Gasteiger partial charge in [-0.2, -0.15) is 0 Å². The Bertz CT molecular complexity index is 656. The molecule has 3 N–H and O–H groups in total. The van der Waals surface area contributed by atoms with Gasteiger partial charge in [0.15, 0.2) is 5.11 Å². The fourth-order valence-corrected chi connectivity index (χ4v) is 4.12. The maximum atomic E-state index is 12.4. The lowest BCUT2D eigenvalue weighted by atomic mass is 10.0. The number of rotatable bonds is 17. The summed E-state index contributed by atoms with van der Waals surface area (Å²) in [5, 5.41) is 8.89. The molecular weight excluding hydrogens is 497 g/mol. The van der Waals surface area contributed by atoms with Crippen LogP contribution in [0.25, 0.3) is 0 Å². The minimum atomic E-state index is -1.74. The predicted octanol–water partition coefficient (Wildman–Crippen LogP) is 8.27. The van der Waals surface area contributed by atoms with Crippen molar-refractivity contribution in [2.75, 3.05) is 5.32 Å². The van der Waals surface area contributed by atoms with E-state index >= 15 is 0 Å². The molecule has 0 saturated heterocycles. The number of anilines is 1. The van der Waals surface area contributed by atoms with Crippen LogP contribution in [0.4, 0.5) is 5.69 Å². The number of amides is 1. The first-order valence-corrected chi connectivity index (χ1v) is 13.9. The minimum absolute atomic E-state index is 0.163. The molecule has 1 aromatic rings. The fourth-order valence-electron chi connectivity index (χ4n) is 3.56. The largest absolute Gasteiger partial charge is 0.339 e. The summed E-state index contributed by atoms with van der Waals surface area (Å²) in [6, 6.07) is 9.41. The van der Waals surface area contributed by atoms with Crippen LogP contribution in [0.3, 0.4) is 0 Å². The minimum Gasteiger partial charge on any atom is -0.339 e. The van der Waals surface area contributed by atoms with E-state index in [1.807, 2.05) is 30.3 Å². The van der Waals surface area contributed by atoms with Crippen LogP contribution in [0.15, 0.2) is 30.3 Å². The molecule has 0 aromatic heterocycles. The van der Waals surface area contributed by atoms with Crippen LogP contribution >= 0.6 is 47.0 Å². The summed E-state index contributed by atoms with van der Waals surface area (Å²) in [6.07, 6.45) is 15.9. The van der Waals surface area contributed by atoms with E-state index in [1.54, 1.807) is 0 Å². The molecule has 0 spiro atoms. The Morgan fingerprint density at radius 1 is 0.818 bits per heavy atom. The molecule has 4 nitrogen and oxygen atoms in total. The van der Waals surface area contributed by atoms with Crippen molar-refractivity contribution in [2.45, 2.75) is 107 Å². The number of alkyl halides is 3. The molecule has 1 atom stereocenters. The number of hydrogen-bond donors (Lipinski definition) is 3. The van der Waals surface area contributed by atoms with Crippen LogP contribution in [-0.2, 0) is 4.79 Å². The van der Waals surface area contributed by atoms with Crippen molar-refractivity contribution in [3.63, 3.8) is 0 Å². The van der Waals surface area contributed by atoms with Gasteiger partial charge in [0.1, 0.15) is 6.17 Å². The summed E-state index contributed by atoms with van der Waals surface area (Å²) >= 11 is 23.4. The van der Waals surface area contributed by atoms with Crippen LogP contribution in [0, 0.1) is 0 Å². The molecule has 8 heteroatoms. The van der Waals surface area contributed by atoms with E-state index in [0.29, 0.717) is 6.42 Å². The van der Waals surface area contributed by atoms with Crippen molar-refractivity contribution >= 4 is 63.7 Å². The van der Waals surface area contributed by atoms with Gasteiger partial charge in [0.05, 0.1) is 0 Å². The number of benzene rings is 1. The summed E-state index contributed by atoms with van der Waals surface area (Å²) in [4.78, 5) is 12.4. The standard InChI is InChI=1S/C25H40Cl3N3OS/c1-2-3-4-5-6-7-8-9-10-11-12-13-17-20-22(32)30-23(25(26,27)28)31-24(33)29-21-18-15-14-16-19-21/h14-16,18-19,23H,2-13,17,20H2,1H3,(H,30,32)(H2,29,31,33). The molecule has 0 aliphatic carbocycles. The van der Waals surface area contributed by atoms with Crippen molar-refractivity contribution in [3.8, 4) is 0 Å². The normalized spacial score (nSPS) is 12.2. The Labute approximate surface area is 220 Å². The van der Waals surface area contributed by atoms with Crippen molar-refractivity contribution in [2.24, 2.45) is 0 Å². The highest BCUT2D eigenvalue weighted by atomic mass is 35.6. The number of carbonyl (C=O) groups is 1. The second-order valence-electron chi connectivity index (χ2n) is 8.50. The number of nitrogens with one attached hydrogen (secondary N) is 3. The third kappa shape index (κ3) is 16.5. The van der Waals surface area contributed by atoms with E-state index < -0.39 is 9.96 Å². The molecule has 1 aromatic carbocycles. The highest BCUT2D eigenvalue weighted by Crippen LogP contribution is 2.29. The van der Waals surface area contributed by atoms with E-state index in [-0.39, 0.29) is 11.0 Å².